The predicted octanol–water partition coefficient (Wildman–Crippen LogP) is 1.99. The van der Waals surface area contributed by atoms with Crippen LogP contribution in [0.15, 0.2) is 30.3 Å². The molecule has 1 fully saturated rings. The largest absolute Gasteiger partial charge is 0.335 e. The molecule has 2 aromatic rings. The van der Waals surface area contributed by atoms with E-state index in [-0.39, 0.29) is 24.1 Å². The zero-order chi connectivity index (χ0) is 18.7. The van der Waals surface area contributed by atoms with E-state index in [4.69, 9.17) is 0 Å². The number of halogens is 1. The summed E-state index contributed by atoms with van der Waals surface area (Å²) >= 11 is 0. The molecule has 1 aliphatic heterocycles. The molecule has 0 bridgehead atoms. The highest BCUT2D eigenvalue weighted by atomic mass is 19.1. The van der Waals surface area contributed by atoms with Gasteiger partial charge in [-0.15, -0.1) is 0 Å². The van der Waals surface area contributed by atoms with Gasteiger partial charge in [-0.3, -0.25) is 19.2 Å². The lowest BCUT2D eigenvalue weighted by Gasteiger charge is -2.34. The zero-order valence-corrected chi connectivity index (χ0v) is 15.1. The number of carbonyl (C=O) groups is 2. The van der Waals surface area contributed by atoms with Crippen molar-refractivity contribution < 1.29 is 14.0 Å². The van der Waals surface area contributed by atoms with Crippen molar-refractivity contribution >= 4 is 11.7 Å². The number of rotatable bonds is 5. The highest BCUT2D eigenvalue weighted by molar-refractivity contribution is 5.97. The van der Waals surface area contributed by atoms with E-state index in [1.165, 1.54) is 24.3 Å². The van der Waals surface area contributed by atoms with E-state index in [2.05, 4.69) is 5.10 Å². The molecule has 0 saturated carbocycles. The van der Waals surface area contributed by atoms with Gasteiger partial charge in [-0.1, -0.05) is 0 Å². The normalized spacial score (nSPS) is 15.3. The molecule has 0 atom stereocenters. The summed E-state index contributed by atoms with van der Waals surface area (Å²) in [6, 6.07) is 7.42. The quantitative estimate of drug-likeness (QED) is 0.767. The Morgan fingerprint density at radius 1 is 1.12 bits per heavy atom. The first-order valence-corrected chi connectivity index (χ1v) is 8.82. The number of aromatic nitrogens is 2. The predicted molar refractivity (Wildman–Crippen MR) is 95.7 cm³/mol. The minimum atomic E-state index is -0.352. The van der Waals surface area contributed by atoms with Crippen LogP contribution < -0.4 is 0 Å². The number of nitrogens with zero attached hydrogens (tertiary/aromatic N) is 4. The molecular weight excluding hydrogens is 335 g/mol. The van der Waals surface area contributed by atoms with Gasteiger partial charge in [-0.05, 0) is 44.2 Å². The van der Waals surface area contributed by atoms with Crippen LogP contribution in [-0.2, 0) is 6.54 Å². The highest BCUT2D eigenvalue weighted by Crippen LogP contribution is 2.12. The first kappa shape index (κ1) is 18.3. The molecule has 1 aromatic heterocycles. The van der Waals surface area contributed by atoms with Crippen molar-refractivity contribution in [3.8, 4) is 0 Å². The Bertz CT molecular complexity index is 792. The Labute approximate surface area is 152 Å². The average molecular weight is 358 g/mol. The first-order valence-electron chi connectivity index (χ1n) is 8.82. The molecule has 0 aliphatic carbocycles. The van der Waals surface area contributed by atoms with Gasteiger partial charge < -0.3 is 4.90 Å². The fourth-order valence-corrected chi connectivity index (χ4v) is 3.16. The van der Waals surface area contributed by atoms with Crippen molar-refractivity contribution in [2.45, 2.75) is 20.4 Å². The lowest BCUT2D eigenvalue weighted by molar-refractivity contribution is 0.0613. The molecule has 6 nitrogen and oxygen atoms in total. The monoisotopic (exact) mass is 358 g/mol. The summed E-state index contributed by atoms with van der Waals surface area (Å²) < 4.78 is 14.7. The van der Waals surface area contributed by atoms with E-state index in [0.29, 0.717) is 44.0 Å². The fourth-order valence-electron chi connectivity index (χ4n) is 3.16. The van der Waals surface area contributed by atoms with Crippen LogP contribution in [0.25, 0.3) is 0 Å². The third kappa shape index (κ3) is 3.99. The number of ketones is 1. The Morgan fingerprint density at radius 2 is 1.77 bits per heavy atom. The van der Waals surface area contributed by atoms with Gasteiger partial charge in [0.2, 0.25) is 0 Å². The summed E-state index contributed by atoms with van der Waals surface area (Å²) in [5.41, 5.74) is 1.95. The second-order valence-electron chi connectivity index (χ2n) is 6.49. The number of aryl methyl sites for hydroxylation is 2. The van der Waals surface area contributed by atoms with E-state index >= 15 is 0 Å². The molecule has 1 aliphatic rings. The standard InChI is InChI=1S/C19H23FN4O2/c1-3-24-17(12-14(2)21-24)19(26)23-10-8-22(9-11-23)13-18(25)15-4-6-16(20)7-5-15/h4-7,12H,3,8-11,13H2,1-2H3. The van der Waals surface area contributed by atoms with E-state index in [9.17, 15) is 14.0 Å². The number of piperazine rings is 1. The van der Waals surface area contributed by atoms with Crippen LogP contribution in [0.1, 0.15) is 33.5 Å². The van der Waals surface area contributed by atoms with Crippen molar-refractivity contribution in [3.05, 3.63) is 53.1 Å². The summed E-state index contributed by atoms with van der Waals surface area (Å²) in [5, 5.41) is 4.33. The number of Topliss-reactive ketones (excluding diaryl/α,β-unsaturated/α-hetero) is 1. The summed E-state index contributed by atoms with van der Waals surface area (Å²) in [4.78, 5) is 28.8. The number of carbonyl (C=O) groups excluding carboxylic acids is 2. The topological polar surface area (TPSA) is 58.4 Å². The van der Waals surface area contributed by atoms with Crippen LogP contribution >= 0.6 is 0 Å². The van der Waals surface area contributed by atoms with Gasteiger partial charge in [0.1, 0.15) is 11.5 Å². The van der Waals surface area contributed by atoms with Crippen LogP contribution in [0, 0.1) is 12.7 Å². The zero-order valence-electron chi connectivity index (χ0n) is 15.1. The lowest BCUT2D eigenvalue weighted by atomic mass is 10.1. The van der Waals surface area contributed by atoms with Gasteiger partial charge >= 0.3 is 0 Å². The summed E-state index contributed by atoms with van der Waals surface area (Å²) in [6.07, 6.45) is 0. The maximum Gasteiger partial charge on any atom is 0.272 e. The molecule has 138 valence electrons. The minimum Gasteiger partial charge on any atom is -0.335 e. The van der Waals surface area contributed by atoms with E-state index < -0.39 is 0 Å². The fraction of sp³-hybridized carbons (Fsp3) is 0.421. The highest BCUT2D eigenvalue weighted by Gasteiger charge is 2.25. The van der Waals surface area contributed by atoms with Crippen molar-refractivity contribution in [2.75, 3.05) is 32.7 Å². The molecule has 0 N–H and O–H groups in total. The van der Waals surface area contributed by atoms with Gasteiger partial charge in [0.25, 0.3) is 5.91 Å². The summed E-state index contributed by atoms with van der Waals surface area (Å²) in [5.74, 6) is -0.406. The van der Waals surface area contributed by atoms with Gasteiger partial charge in [0.15, 0.2) is 5.78 Å². The van der Waals surface area contributed by atoms with Gasteiger partial charge in [-0.25, -0.2) is 4.39 Å². The van der Waals surface area contributed by atoms with Crippen molar-refractivity contribution in [1.82, 2.24) is 19.6 Å². The van der Waals surface area contributed by atoms with E-state index in [1.807, 2.05) is 29.7 Å². The van der Waals surface area contributed by atoms with Crippen LogP contribution in [0.2, 0.25) is 0 Å². The molecular formula is C19H23FN4O2. The van der Waals surface area contributed by atoms with Crippen molar-refractivity contribution in [2.24, 2.45) is 0 Å². The van der Waals surface area contributed by atoms with Crippen LogP contribution in [0.3, 0.4) is 0 Å². The SMILES string of the molecule is CCn1nc(C)cc1C(=O)N1CCN(CC(=O)c2ccc(F)cc2)CC1. The molecule has 0 spiro atoms. The molecule has 0 unspecified atom stereocenters. The lowest BCUT2D eigenvalue weighted by Crippen LogP contribution is -2.50. The molecule has 3 rings (SSSR count). The molecule has 7 heteroatoms. The Hall–Kier alpha value is -2.54. The Morgan fingerprint density at radius 3 is 2.38 bits per heavy atom. The number of benzene rings is 1. The van der Waals surface area contributed by atoms with E-state index in [1.54, 1.807) is 4.68 Å². The third-order valence-corrected chi connectivity index (χ3v) is 4.61. The second-order valence-corrected chi connectivity index (χ2v) is 6.49. The van der Waals surface area contributed by atoms with Crippen molar-refractivity contribution in [1.29, 1.82) is 0 Å². The first-order chi connectivity index (χ1) is 12.5. The number of hydrogen-bond acceptors (Lipinski definition) is 4. The van der Waals surface area contributed by atoms with E-state index in [0.717, 1.165) is 5.69 Å². The Balaban J connectivity index is 1.56. The van der Waals surface area contributed by atoms with Crippen LogP contribution in [0.4, 0.5) is 4.39 Å². The van der Waals surface area contributed by atoms with Gasteiger partial charge in [0.05, 0.1) is 12.2 Å². The molecule has 1 amide bonds. The summed E-state index contributed by atoms with van der Waals surface area (Å²) in [7, 11) is 0. The van der Waals surface area contributed by atoms with Crippen LogP contribution in [0.5, 0.6) is 0 Å². The molecule has 1 aromatic carbocycles. The molecule has 26 heavy (non-hydrogen) atoms. The van der Waals surface area contributed by atoms with Gasteiger partial charge in [0, 0.05) is 38.3 Å². The third-order valence-electron chi connectivity index (χ3n) is 4.61. The molecule has 2 heterocycles. The number of amides is 1. The summed E-state index contributed by atoms with van der Waals surface area (Å²) in [6.45, 7) is 7.19. The maximum absolute atomic E-state index is 13.0. The maximum atomic E-state index is 13.0. The van der Waals surface area contributed by atoms with Crippen molar-refractivity contribution in [3.63, 3.8) is 0 Å². The van der Waals surface area contributed by atoms with Gasteiger partial charge in [-0.2, -0.15) is 5.10 Å². The second kappa shape index (κ2) is 7.78. The smallest absolute Gasteiger partial charge is 0.272 e. The minimum absolute atomic E-state index is 0.0167. The van der Waals surface area contributed by atoms with Crippen LogP contribution in [-0.4, -0.2) is 64.0 Å². The molecule has 0 radical (unpaired) electrons. The number of hydrogen-bond donors (Lipinski definition) is 0. The average Bonchev–Trinajstić information content (AvgIpc) is 3.03. The Kier molecular flexibility index (Phi) is 5.46. The molecule has 1 saturated heterocycles.